The SMILES string of the molecule is CCCN(C(=O)c1cccc(C)c1O)C1CNC1. The first kappa shape index (κ1) is 12.9. The maximum absolute atomic E-state index is 12.5. The quantitative estimate of drug-likeness (QED) is 0.849. The summed E-state index contributed by atoms with van der Waals surface area (Å²) in [4.78, 5) is 14.3. The average molecular weight is 248 g/mol. The zero-order valence-electron chi connectivity index (χ0n) is 10.9. The fraction of sp³-hybridized carbons (Fsp3) is 0.500. The molecule has 2 rings (SSSR count). The number of phenolic OH excluding ortho intramolecular Hbond substituents is 1. The van der Waals surface area contributed by atoms with Gasteiger partial charge in [-0.15, -0.1) is 0 Å². The number of nitrogens with one attached hydrogen (secondary N) is 1. The van der Waals surface area contributed by atoms with E-state index in [4.69, 9.17) is 0 Å². The van der Waals surface area contributed by atoms with E-state index in [1.165, 1.54) is 0 Å². The summed E-state index contributed by atoms with van der Waals surface area (Å²) in [6.07, 6.45) is 0.925. The molecule has 0 atom stereocenters. The van der Waals surface area contributed by atoms with Gasteiger partial charge in [0.25, 0.3) is 5.91 Å². The van der Waals surface area contributed by atoms with Crippen LogP contribution in [0.3, 0.4) is 0 Å². The Morgan fingerprint density at radius 2 is 2.22 bits per heavy atom. The lowest BCUT2D eigenvalue weighted by Crippen LogP contribution is -2.59. The van der Waals surface area contributed by atoms with Crippen molar-refractivity contribution in [3.63, 3.8) is 0 Å². The molecule has 0 aliphatic carbocycles. The molecule has 0 aromatic heterocycles. The molecule has 1 aromatic rings. The maximum atomic E-state index is 12.5. The van der Waals surface area contributed by atoms with Crippen LogP contribution >= 0.6 is 0 Å². The summed E-state index contributed by atoms with van der Waals surface area (Å²) in [5.74, 6) is 0.0421. The van der Waals surface area contributed by atoms with Gasteiger partial charge in [-0.1, -0.05) is 19.1 Å². The highest BCUT2D eigenvalue weighted by Gasteiger charge is 2.29. The van der Waals surface area contributed by atoms with Gasteiger partial charge in [-0.2, -0.15) is 0 Å². The molecular weight excluding hydrogens is 228 g/mol. The van der Waals surface area contributed by atoms with Gasteiger partial charge in [0, 0.05) is 19.6 Å². The summed E-state index contributed by atoms with van der Waals surface area (Å²) >= 11 is 0. The van der Waals surface area contributed by atoms with Gasteiger partial charge in [-0.25, -0.2) is 0 Å². The van der Waals surface area contributed by atoms with Crippen molar-refractivity contribution in [2.24, 2.45) is 0 Å². The Kier molecular flexibility index (Phi) is 3.87. The fourth-order valence-corrected chi connectivity index (χ4v) is 2.17. The number of para-hydroxylation sites is 1. The predicted octanol–water partition coefficient (Wildman–Crippen LogP) is 1.52. The maximum Gasteiger partial charge on any atom is 0.257 e. The Bertz CT molecular complexity index is 441. The van der Waals surface area contributed by atoms with Crippen LogP contribution in [0.2, 0.25) is 0 Å². The first-order chi connectivity index (χ1) is 8.65. The molecule has 1 heterocycles. The lowest BCUT2D eigenvalue weighted by Gasteiger charge is -2.38. The van der Waals surface area contributed by atoms with Crippen LogP contribution in [0.1, 0.15) is 29.3 Å². The molecule has 0 radical (unpaired) electrons. The number of carbonyl (C=O) groups excluding carboxylic acids is 1. The van der Waals surface area contributed by atoms with Gasteiger partial charge in [0.2, 0.25) is 0 Å². The summed E-state index contributed by atoms with van der Waals surface area (Å²) < 4.78 is 0. The molecular formula is C14H20N2O2. The predicted molar refractivity (Wildman–Crippen MR) is 70.8 cm³/mol. The molecule has 1 saturated heterocycles. The minimum atomic E-state index is -0.0652. The second-order valence-corrected chi connectivity index (χ2v) is 4.78. The number of rotatable bonds is 4. The fourth-order valence-electron chi connectivity index (χ4n) is 2.17. The topological polar surface area (TPSA) is 52.6 Å². The van der Waals surface area contributed by atoms with Gasteiger partial charge >= 0.3 is 0 Å². The van der Waals surface area contributed by atoms with Gasteiger partial charge in [-0.3, -0.25) is 4.79 Å². The smallest absolute Gasteiger partial charge is 0.257 e. The molecule has 98 valence electrons. The van der Waals surface area contributed by atoms with Gasteiger partial charge in [-0.05, 0) is 25.0 Å². The van der Waals surface area contributed by atoms with Gasteiger partial charge in [0.05, 0.1) is 11.6 Å². The Morgan fingerprint density at radius 1 is 1.50 bits per heavy atom. The van der Waals surface area contributed by atoms with Crippen LogP contribution in [0.5, 0.6) is 5.75 Å². The van der Waals surface area contributed by atoms with Crippen LogP contribution in [0.25, 0.3) is 0 Å². The molecule has 1 amide bonds. The first-order valence-electron chi connectivity index (χ1n) is 6.45. The van der Waals surface area contributed by atoms with E-state index in [0.29, 0.717) is 5.56 Å². The lowest BCUT2D eigenvalue weighted by molar-refractivity contribution is 0.0612. The Balaban J connectivity index is 2.24. The number of hydrogen-bond donors (Lipinski definition) is 2. The van der Waals surface area contributed by atoms with E-state index >= 15 is 0 Å². The minimum absolute atomic E-state index is 0.0652. The zero-order chi connectivity index (χ0) is 13.1. The van der Waals surface area contributed by atoms with E-state index in [2.05, 4.69) is 12.2 Å². The highest BCUT2D eigenvalue weighted by molar-refractivity contribution is 5.97. The number of hydrogen-bond acceptors (Lipinski definition) is 3. The summed E-state index contributed by atoms with van der Waals surface area (Å²) in [6, 6.07) is 5.57. The standard InChI is InChI=1S/C14H20N2O2/c1-3-7-16(11-8-15-9-11)14(18)12-6-4-5-10(2)13(12)17/h4-6,11,15,17H,3,7-9H2,1-2H3. The molecule has 1 aliphatic rings. The van der Waals surface area contributed by atoms with Gasteiger partial charge < -0.3 is 15.3 Å². The number of nitrogens with zero attached hydrogens (tertiary/aromatic N) is 1. The van der Waals surface area contributed by atoms with E-state index in [0.717, 1.165) is 31.6 Å². The summed E-state index contributed by atoms with van der Waals surface area (Å²) in [5.41, 5.74) is 1.15. The Labute approximate surface area is 108 Å². The lowest BCUT2D eigenvalue weighted by atomic mass is 10.1. The Hall–Kier alpha value is -1.55. The molecule has 0 spiro atoms. The number of amides is 1. The van der Waals surface area contributed by atoms with E-state index in [9.17, 15) is 9.90 Å². The normalized spacial score (nSPS) is 15.2. The van der Waals surface area contributed by atoms with Crippen molar-refractivity contribution < 1.29 is 9.90 Å². The highest BCUT2D eigenvalue weighted by atomic mass is 16.3. The third-order valence-electron chi connectivity index (χ3n) is 3.39. The summed E-state index contributed by atoms with van der Waals surface area (Å²) in [7, 11) is 0. The molecule has 18 heavy (non-hydrogen) atoms. The van der Waals surface area contributed by atoms with Crippen molar-refractivity contribution in [2.75, 3.05) is 19.6 Å². The number of carbonyl (C=O) groups is 1. The van der Waals surface area contributed by atoms with Crippen molar-refractivity contribution in [2.45, 2.75) is 26.3 Å². The molecule has 1 aliphatic heterocycles. The van der Waals surface area contributed by atoms with E-state index in [1.54, 1.807) is 19.1 Å². The first-order valence-corrected chi connectivity index (χ1v) is 6.45. The molecule has 0 saturated carbocycles. The Morgan fingerprint density at radius 3 is 2.78 bits per heavy atom. The number of aromatic hydroxyl groups is 1. The van der Waals surface area contributed by atoms with E-state index in [-0.39, 0.29) is 17.7 Å². The van der Waals surface area contributed by atoms with Crippen LogP contribution in [-0.2, 0) is 0 Å². The molecule has 4 heteroatoms. The zero-order valence-corrected chi connectivity index (χ0v) is 10.9. The van der Waals surface area contributed by atoms with Crippen molar-refractivity contribution in [3.05, 3.63) is 29.3 Å². The van der Waals surface area contributed by atoms with Crippen LogP contribution in [0.15, 0.2) is 18.2 Å². The van der Waals surface area contributed by atoms with Gasteiger partial charge in [0.15, 0.2) is 0 Å². The molecule has 1 fully saturated rings. The van der Waals surface area contributed by atoms with Crippen LogP contribution in [0, 0.1) is 6.92 Å². The second kappa shape index (κ2) is 5.40. The van der Waals surface area contributed by atoms with Gasteiger partial charge in [0.1, 0.15) is 5.75 Å². The molecule has 0 bridgehead atoms. The van der Waals surface area contributed by atoms with E-state index in [1.807, 2.05) is 11.0 Å². The molecule has 4 nitrogen and oxygen atoms in total. The minimum Gasteiger partial charge on any atom is -0.507 e. The third kappa shape index (κ3) is 2.34. The monoisotopic (exact) mass is 248 g/mol. The number of benzene rings is 1. The third-order valence-corrected chi connectivity index (χ3v) is 3.39. The van der Waals surface area contributed by atoms with Crippen molar-refractivity contribution in [1.82, 2.24) is 10.2 Å². The average Bonchev–Trinajstić information content (AvgIpc) is 2.29. The molecule has 1 aromatic carbocycles. The second-order valence-electron chi connectivity index (χ2n) is 4.78. The largest absolute Gasteiger partial charge is 0.507 e. The molecule has 0 unspecified atom stereocenters. The van der Waals surface area contributed by atoms with Crippen LogP contribution in [0.4, 0.5) is 0 Å². The summed E-state index contributed by atoms with van der Waals surface area (Å²) in [5, 5.41) is 13.2. The number of phenols is 1. The number of aryl methyl sites for hydroxylation is 1. The molecule has 2 N–H and O–H groups in total. The van der Waals surface area contributed by atoms with Crippen molar-refractivity contribution in [1.29, 1.82) is 0 Å². The van der Waals surface area contributed by atoms with Crippen LogP contribution < -0.4 is 5.32 Å². The van der Waals surface area contributed by atoms with Crippen molar-refractivity contribution in [3.8, 4) is 5.75 Å². The van der Waals surface area contributed by atoms with Crippen molar-refractivity contribution >= 4 is 5.91 Å². The highest BCUT2D eigenvalue weighted by Crippen LogP contribution is 2.24. The van der Waals surface area contributed by atoms with Crippen LogP contribution in [-0.4, -0.2) is 41.6 Å². The summed E-state index contributed by atoms with van der Waals surface area (Å²) in [6.45, 7) is 6.29. The van der Waals surface area contributed by atoms with E-state index < -0.39 is 0 Å².